The van der Waals surface area contributed by atoms with Gasteiger partial charge in [0.1, 0.15) is 0 Å². The van der Waals surface area contributed by atoms with Crippen molar-refractivity contribution in [3.8, 4) is 11.5 Å². The highest BCUT2D eigenvalue weighted by Crippen LogP contribution is 2.12. The molecule has 90 valence electrons. The van der Waals surface area contributed by atoms with E-state index in [1.165, 1.54) is 10.9 Å². The first-order valence-electron chi connectivity index (χ1n) is 5.03. The van der Waals surface area contributed by atoms with Gasteiger partial charge in [-0.25, -0.2) is 4.68 Å². The lowest BCUT2D eigenvalue weighted by Crippen LogP contribution is -2.14. The maximum absolute atomic E-state index is 10.7. The summed E-state index contributed by atoms with van der Waals surface area (Å²) in [7, 11) is 0. The fourth-order valence-corrected chi connectivity index (χ4v) is 1.29. The molecule has 0 aromatic carbocycles. The van der Waals surface area contributed by atoms with Crippen molar-refractivity contribution in [1.82, 2.24) is 35.6 Å². The van der Waals surface area contributed by atoms with Gasteiger partial charge in [0.2, 0.25) is 5.82 Å². The van der Waals surface area contributed by atoms with Crippen LogP contribution in [0.2, 0.25) is 0 Å². The largest absolute Gasteiger partial charge is 0.481 e. The van der Waals surface area contributed by atoms with E-state index in [9.17, 15) is 4.79 Å². The SMILES string of the molecule is CC(CCn1nnnc1-c1cn[nH]n1)C(=O)O. The van der Waals surface area contributed by atoms with Gasteiger partial charge in [0, 0.05) is 6.54 Å². The van der Waals surface area contributed by atoms with Crippen molar-refractivity contribution >= 4 is 5.97 Å². The maximum Gasteiger partial charge on any atom is 0.306 e. The first-order chi connectivity index (χ1) is 8.18. The Hall–Kier alpha value is -2.32. The second kappa shape index (κ2) is 4.68. The van der Waals surface area contributed by atoms with Crippen molar-refractivity contribution in [3.05, 3.63) is 6.20 Å². The highest BCUT2D eigenvalue weighted by atomic mass is 16.4. The van der Waals surface area contributed by atoms with Crippen LogP contribution in [0.5, 0.6) is 0 Å². The van der Waals surface area contributed by atoms with E-state index < -0.39 is 11.9 Å². The van der Waals surface area contributed by atoms with Crippen LogP contribution in [0.3, 0.4) is 0 Å². The van der Waals surface area contributed by atoms with Gasteiger partial charge >= 0.3 is 5.97 Å². The number of carboxylic acids is 1. The highest BCUT2D eigenvalue weighted by Gasteiger charge is 2.15. The normalized spacial score (nSPS) is 12.5. The summed E-state index contributed by atoms with van der Waals surface area (Å²) in [6, 6.07) is 0. The number of carbonyl (C=O) groups is 1. The van der Waals surface area contributed by atoms with Gasteiger partial charge in [-0.15, -0.1) is 5.10 Å². The van der Waals surface area contributed by atoms with Crippen LogP contribution < -0.4 is 0 Å². The molecule has 0 fully saturated rings. The molecule has 2 N–H and O–H groups in total. The monoisotopic (exact) mass is 237 g/mol. The number of aliphatic carboxylic acids is 1. The number of rotatable bonds is 5. The average molecular weight is 237 g/mol. The van der Waals surface area contributed by atoms with Gasteiger partial charge in [-0.05, 0) is 16.8 Å². The van der Waals surface area contributed by atoms with E-state index in [0.29, 0.717) is 24.5 Å². The topological polar surface area (TPSA) is 122 Å². The Balaban J connectivity index is 2.08. The smallest absolute Gasteiger partial charge is 0.306 e. The summed E-state index contributed by atoms with van der Waals surface area (Å²) in [5, 5.41) is 29.9. The molecule has 2 aromatic rings. The molecule has 0 saturated heterocycles. The summed E-state index contributed by atoms with van der Waals surface area (Å²) < 4.78 is 1.51. The number of aromatic nitrogens is 7. The molecule has 0 bridgehead atoms. The van der Waals surface area contributed by atoms with Crippen molar-refractivity contribution in [1.29, 1.82) is 0 Å². The minimum atomic E-state index is -0.832. The first kappa shape index (κ1) is 11.2. The Bertz CT molecular complexity index is 492. The Morgan fingerprint density at radius 3 is 3.12 bits per heavy atom. The van der Waals surface area contributed by atoms with E-state index in [2.05, 4.69) is 30.9 Å². The molecule has 2 heterocycles. The lowest BCUT2D eigenvalue weighted by Gasteiger charge is -2.06. The third-order valence-corrected chi connectivity index (χ3v) is 2.37. The van der Waals surface area contributed by atoms with E-state index in [0.717, 1.165) is 0 Å². The number of nitrogens with one attached hydrogen (secondary N) is 1. The molecule has 1 unspecified atom stereocenters. The highest BCUT2D eigenvalue weighted by molar-refractivity contribution is 5.69. The van der Waals surface area contributed by atoms with Crippen LogP contribution in [0.4, 0.5) is 0 Å². The zero-order valence-corrected chi connectivity index (χ0v) is 9.11. The van der Waals surface area contributed by atoms with Gasteiger partial charge in [0.25, 0.3) is 0 Å². The van der Waals surface area contributed by atoms with Crippen LogP contribution in [-0.4, -0.2) is 46.7 Å². The fourth-order valence-electron chi connectivity index (χ4n) is 1.29. The average Bonchev–Trinajstić information content (AvgIpc) is 2.95. The quantitative estimate of drug-likeness (QED) is 0.723. The summed E-state index contributed by atoms with van der Waals surface area (Å²) in [6.07, 6.45) is 1.95. The number of hydrogen-bond acceptors (Lipinski definition) is 6. The third kappa shape index (κ3) is 2.44. The minimum absolute atomic E-state index is 0.419. The fraction of sp³-hybridized carbons (Fsp3) is 0.500. The predicted octanol–water partition coefficient (Wildman–Crippen LogP) is -0.431. The number of hydrogen-bond donors (Lipinski definition) is 2. The van der Waals surface area contributed by atoms with Crippen molar-refractivity contribution in [2.45, 2.75) is 19.9 Å². The molecule has 0 radical (unpaired) electrons. The zero-order chi connectivity index (χ0) is 12.3. The summed E-state index contributed by atoms with van der Waals surface area (Å²) in [5.41, 5.74) is 0.526. The van der Waals surface area contributed by atoms with E-state index in [1.54, 1.807) is 6.92 Å². The van der Waals surface area contributed by atoms with Gasteiger partial charge in [-0.1, -0.05) is 6.92 Å². The Morgan fingerprint density at radius 1 is 1.65 bits per heavy atom. The molecule has 1 atom stereocenters. The second-order valence-electron chi connectivity index (χ2n) is 3.61. The summed E-state index contributed by atoms with van der Waals surface area (Å²) in [6.45, 7) is 2.06. The molecule has 9 heteroatoms. The number of H-pyrrole nitrogens is 1. The number of aryl methyl sites for hydroxylation is 1. The van der Waals surface area contributed by atoms with Crippen molar-refractivity contribution in [2.24, 2.45) is 5.92 Å². The standard InChI is InChI=1S/C8H11N7O2/c1-5(8(16)17)2-3-15-7(11-13-14-15)6-4-9-12-10-6/h4-5H,2-3H2,1H3,(H,16,17)(H,9,10,12). The molecule has 2 aromatic heterocycles. The second-order valence-corrected chi connectivity index (χ2v) is 3.61. The predicted molar refractivity (Wildman–Crippen MR) is 54.6 cm³/mol. The van der Waals surface area contributed by atoms with Gasteiger partial charge in [-0.2, -0.15) is 15.4 Å². The van der Waals surface area contributed by atoms with Crippen LogP contribution in [-0.2, 0) is 11.3 Å². The van der Waals surface area contributed by atoms with E-state index in [-0.39, 0.29) is 0 Å². The molecule has 0 aliphatic carbocycles. The Morgan fingerprint density at radius 2 is 2.47 bits per heavy atom. The summed E-state index contributed by atoms with van der Waals surface area (Å²) in [4.78, 5) is 10.7. The number of nitrogens with zero attached hydrogens (tertiary/aromatic N) is 6. The van der Waals surface area contributed by atoms with Crippen LogP contribution in [0, 0.1) is 5.92 Å². The van der Waals surface area contributed by atoms with Crippen molar-refractivity contribution in [3.63, 3.8) is 0 Å². The summed E-state index contributed by atoms with van der Waals surface area (Å²) in [5.74, 6) is -0.804. The van der Waals surface area contributed by atoms with Crippen LogP contribution in [0.15, 0.2) is 6.20 Å². The van der Waals surface area contributed by atoms with E-state index in [4.69, 9.17) is 5.11 Å². The minimum Gasteiger partial charge on any atom is -0.481 e. The van der Waals surface area contributed by atoms with Gasteiger partial charge in [-0.3, -0.25) is 4.79 Å². The summed E-state index contributed by atoms with van der Waals surface area (Å²) >= 11 is 0. The first-order valence-corrected chi connectivity index (χ1v) is 5.03. The van der Waals surface area contributed by atoms with E-state index in [1.807, 2.05) is 0 Å². The van der Waals surface area contributed by atoms with Crippen LogP contribution in [0.25, 0.3) is 11.5 Å². The molecular formula is C8H11N7O2. The van der Waals surface area contributed by atoms with Gasteiger partial charge in [0.15, 0.2) is 5.69 Å². The lowest BCUT2D eigenvalue weighted by atomic mass is 10.1. The molecule has 2 rings (SSSR count). The van der Waals surface area contributed by atoms with E-state index >= 15 is 0 Å². The van der Waals surface area contributed by atoms with Gasteiger partial charge in [0.05, 0.1) is 12.1 Å². The molecule has 0 aliphatic rings. The number of tetrazole rings is 1. The van der Waals surface area contributed by atoms with Crippen molar-refractivity contribution in [2.75, 3.05) is 0 Å². The lowest BCUT2D eigenvalue weighted by molar-refractivity contribution is -0.141. The molecule has 0 aliphatic heterocycles. The molecular weight excluding hydrogens is 226 g/mol. The zero-order valence-electron chi connectivity index (χ0n) is 9.11. The van der Waals surface area contributed by atoms with Crippen molar-refractivity contribution < 1.29 is 9.90 Å². The van der Waals surface area contributed by atoms with Crippen LogP contribution in [0.1, 0.15) is 13.3 Å². The Kier molecular flexibility index (Phi) is 3.08. The number of carboxylic acid groups (broad SMARTS) is 1. The van der Waals surface area contributed by atoms with Crippen LogP contribution >= 0.6 is 0 Å². The molecule has 17 heavy (non-hydrogen) atoms. The molecule has 0 saturated carbocycles. The third-order valence-electron chi connectivity index (χ3n) is 2.37. The molecule has 0 amide bonds. The van der Waals surface area contributed by atoms with Gasteiger partial charge < -0.3 is 5.11 Å². The maximum atomic E-state index is 10.7. The number of aromatic amines is 1. The Labute approximate surface area is 95.8 Å². The molecule has 9 nitrogen and oxygen atoms in total. The molecule has 0 spiro atoms.